The molecule has 0 aliphatic carbocycles. The summed E-state index contributed by atoms with van der Waals surface area (Å²) < 4.78 is 33.9. The molecule has 154 valence electrons. The highest BCUT2D eigenvalue weighted by molar-refractivity contribution is 9.10. The van der Waals surface area contributed by atoms with E-state index in [0.717, 1.165) is 48.4 Å². The standard InChI is InChI=1S/C21H21BrF2N2O3/c22-16-2-1-3-17(15(16)12-27)26-9-6-13(7-10-26)8-11-29-18-5-4-14(21(25)28)19(23)20(18)24/h1-5,12-13H,6-11H2,(H2,25,28). The lowest BCUT2D eigenvalue weighted by Gasteiger charge is -2.34. The molecule has 2 aromatic rings. The predicted molar refractivity (Wildman–Crippen MR) is 109 cm³/mol. The van der Waals surface area contributed by atoms with Gasteiger partial charge in [0.05, 0.1) is 17.7 Å². The van der Waals surface area contributed by atoms with Crippen LogP contribution in [0, 0.1) is 17.6 Å². The van der Waals surface area contributed by atoms with Gasteiger partial charge in [-0.2, -0.15) is 4.39 Å². The molecule has 1 heterocycles. The largest absolute Gasteiger partial charge is 0.490 e. The lowest BCUT2D eigenvalue weighted by Crippen LogP contribution is -2.34. The fourth-order valence-corrected chi connectivity index (χ4v) is 4.00. The molecule has 0 radical (unpaired) electrons. The van der Waals surface area contributed by atoms with Crippen molar-refractivity contribution >= 4 is 33.8 Å². The van der Waals surface area contributed by atoms with Crippen molar-refractivity contribution in [2.24, 2.45) is 11.7 Å². The Morgan fingerprint density at radius 3 is 2.59 bits per heavy atom. The third-order valence-electron chi connectivity index (χ3n) is 5.20. The number of primary amides is 1. The van der Waals surface area contributed by atoms with E-state index in [2.05, 4.69) is 20.8 Å². The monoisotopic (exact) mass is 466 g/mol. The SMILES string of the molecule is NC(=O)c1ccc(OCCC2CCN(c3cccc(Br)c3C=O)CC2)c(F)c1F. The first-order chi connectivity index (χ1) is 13.9. The van der Waals surface area contributed by atoms with Crippen LogP contribution in [0.5, 0.6) is 5.75 Å². The normalized spacial score (nSPS) is 14.7. The minimum Gasteiger partial charge on any atom is -0.490 e. The number of ether oxygens (including phenoxy) is 1. The summed E-state index contributed by atoms with van der Waals surface area (Å²) in [6.45, 7) is 1.85. The van der Waals surface area contributed by atoms with Crippen molar-refractivity contribution in [3.05, 3.63) is 57.6 Å². The van der Waals surface area contributed by atoms with Crippen LogP contribution in [-0.2, 0) is 0 Å². The van der Waals surface area contributed by atoms with Crippen LogP contribution in [0.2, 0.25) is 0 Å². The molecule has 0 spiro atoms. The topological polar surface area (TPSA) is 72.6 Å². The average molecular weight is 467 g/mol. The number of anilines is 1. The molecule has 0 saturated carbocycles. The van der Waals surface area contributed by atoms with E-state index in [0.29, 0.717) is 17.9 Å². The van der Waals surface area contributed by atoms with Crippen LogP contribution in [0.1, 0.15) is 40.0 Å². The number of piperidine rings is 1. The smallest absolute Gasteiger partial charge is 0.251 e. The lowest BCUT2D eigenvalue weighted by atomic mass is 9.93. The van der Waals surface area contributed by atoms with Gasteiger partial charge in [-0.1, -0.05) is 6.07 Å². The molecule has 2 N–H and O–H groups in total. The van der Waals surface area contributed by atoms with E-state index in [9.17, 15) is 18.4 Å². The first kappa shape index (κ1) is 21.2. The zero-order valence-electron chi connectivity index (χ0n) is 15.7. The summed E-state index contributed by atoms with van der Waals surface area (Å²) in [6, 6.07) is 8.02. The van der Waals surface area contributed by atoms with Gasteiger partial charge in [0.1, 0.15) is 0 Å². The highest BCUT2D eigenvalue weighted by Crippen LogP contribution is 2.31. The van der Waals surface area contributed by atoms with Crippen molar-refractivity contribution in [2.75, 3.05) is 24.6 Å². The van der Waals surface area contributed by atoms with Gasteiger partial charge in [0, 0.05) is 23.2 Å². The Hall–Kier alpha value is -2.48. The molecule has 1 aliphatic rings. The Labute approximate surface area is 176 Å². The number of halogens is 3. The number of nitrogens with two attached hydrogens (primary N) is 1. The highest BCUT2D eigenvalue weighted by Gasteiger charge is 2.22. The molecule has 1 aliphatic heterocycles. The van der Waals surface area contributed by atoms with Crippen molar-refractivity contribution in [3.63, 3.8) is 0 Å². The summed E-state index contributed by atoms with van der Waals surface area (Å²) in [5.41, 5.74) is 6.06. The maximum Gasteiger partial charge on any atom is 0.251 e. The van der Waals surface area contributed by atoms with Crippen LogP contribution in [0.4, 0.5) is 14.5 Å². The van der Waals surface area contributed by atoms with Crippen molar-refractivity contribution in [2.45, 2.75) is 19.3 Å². The Morgan fingerprint density at radius 2 is 1.93 bits per heavy atom. The quantitative estimate of drug-likeness (QED) is 0.616. The second-order valence-electron chi connectivity index (χ2n) is 6.96. The number of benzene rings is 2. The maximum absolute atomic E-state index is 14.0. The lowest BCUT2D eigenvalue weighted by molar-refractivity contribution is 0.0994. The minimum absolute atomic E-state index is 0.227. The summed E-state index contributed by atoms with van der Waals surface area (Å²) in [4.78, 5) is 24.6. The van der Waals surface area contributed by atoms with Crippen LogP contribution in [0.15, 0.2) is 34.8 Å². The van der Waals surface area contributed by atoms with E-state index in [1.807, 2.05) is 18.2 Å². The van der Waals surface area contributed by atoms with E-state index < -0.39 is 23.1 Å². The molecule has 1 saturated heterocycles. The Balaban J connectivity index is 1.52. The van der Waals surface area contributed by atoms with Crippen LogP contribution in [-0.4, -0.2) is 31.9 Å². The highest BCUT2D eigenvalue weighted by atomic mass is 79.9. The number of amides is 1. The van der Waals surface area contributed by atoms with Crippen molar-refractivity contribution < 1.29 is 23.1 Å². The zero-order chi connectivity index (χ0) is 21.0. The number of hydrogen-bond donors (Lipinski definition) is 1. The van der Waals surface area contributed by atoms with Crippen LogP contribution in [0.3, 0.4) is 0 Å². The number of rotatable bonds is 7. The fraction of sp³-hybridized carbons (Fsp3) is 0.333. The zero-order valence-corrected chi connectivity index (χ0v) is 17.3. The van der Waals surface area contributed by atoms with E-state index in [4.69, 9.17) is 10.5 Å². The summed E-state index contributed by atoms with van der Waals surface area (Å²) >= 11 is 3.41. The van der Waals surface area contributed by atoms with E-state index in [1.54, 1.807) is 0 Å². The number of nitrogens with zero attached hydrogens (tertiary/aromatic N) is 1. The molecule has 29 heavy (non-hydrogen) atoms. The van der Waals surface area contributed by atoms with Gasteiger partial charge in [-0.3, -0.25) is 9.59 Å². The van der Waals surface area contributed by atoms with E-state index in [1.165, 1.54) is 6.07 Å². The van der Waals surface area contributed by atoms with Crippen LogP contribution < -0.4 is 15.4 Å². The molecule has 0 atom stereocenters. The summed E-state index contributed by atoms with van der Waals surface area (Å²) in [5.74, 6) is -3.36. The van der Waals surface area contributed by atoms with Gasteiger partial charge >= 0.3 is 0 Å². The third kappa shape index (κ3) is 4.75. The van der Waals surface area contributed by atoms with Gasteiger partial charge in [0.2, 0.25) is 5.82 Å². The number of carbonyl (C=O) groups excluding carboxylic acids is 2. The summed E-state index contributed by atoms with van der Waals surface area (Å²) in [7, 11) is 0. The van der Waals surface area contributed by atoms with Gasteiger partial charge < -0.3 is 15.4 Å². The molecular weight excluding hydrogens is 446 g/mol. The van der Waals surface area contributed by atoms with Gasteiger partial charge in [-0.15, -0.1) is 0 Å². The minimum atomic E-state index is -1.29. The molecule has 1 amide bonds. The second-order valence-corrected chi connectivity index (χ2v) is 7.82. The molecule has 0 bridgehead atoms. The molecule has 2 aromatic carbocycles. The number of carbonyl (C=O) groups is 2. The van der Waals surface area contributed by atoms with Crippen molar-refractivity contribution in [1.82, 2.24) is 0 Å². The van der Waals surface area contributed by atoms with Crippen molar-refractivity contribution in [1.29, 1.82) is 0 Å². The van der Waals surface area contributed by atoms with Crippen LogP contribution >= 0.6 is 15.9 Å². The van der Waals surface area contributed by atoms with Gasteiger partial charge in [0.25, 0.3) is 5.91 Å². The molecular formula is C21H21BrF2N2O3. The predicted octanol–water partition coefficient (Wildman–Crippen LogP) is 4.32. The second kappa shape index (κ2) is 9.35. The molecule has 8 heteroatoms. The maximum atomic E-state index is 14.0. The van der Waals surface area contributed by atoms with Gasteiger partial charge in [-0.05, 0) is 65.4 Å². The summed E-state index contributed by atoms with van der Waals surface area (Å²) in [6.07, 6.45) is 3.37. The third-order valence-corrected chi connectivity index (χ3v) is 5.89. The Morgan fingerprint density at radius 1 is 1.21 bits per heavy atom. The fourth-order valence-electron chi connectivity index (χ4n) is 3.55. The molecule has 3 rings (SSSR count). The first-order valence-corrected chi connectivity index (χ1v) is 10.1. The van der Waals surface area contributed by atoms with E-state index in [-0.39, 0.29) is 12.4 Å². The first-order valence-electron chi connectivity index (χ1n) is 9.31. The average Bonchev–Trinajstić information content (AvgIpc) is 2.71. The van der Waals surface area contributed by atoms with Crippen molar-refractivity contribution in [3.8, 4) is 5.75 Å². The Bertz CT molecular complexity index is 915. The number of hydrogen-bond acceptors (Lipinski definition) is 4. The molecule has 0 unspecified atom stereocenters. The number of aldehydes is 1. The molecule has 0 aromatic heterocycles. The molecule has 1 fully saturated rings. The van der Waals surface area contributed by atoms with Gasteiger partial charge in [0.15, 0.2) is 17.9 Å². The van der Waals surface area contributed by atoms with Crippen LogP contribution in [0.25, 0.3) is 0 Å². The van der Waals surface area contributed by atoms with E-state index >= 15 is 0 Å². The Kier molecular flexibility index (Phi) is 6.84. The summed E-state index contributed by atoms with van der Waals surface area (Å²) in [5, 5.41) is 0. The molecule has 5 nitrogen and oxygen atoms in total. The van der Waals surface area contributed by atoms with Gasteiger partial charge in [-0.25, -0.2) is 4.39 Å².